The number of pyridine rings is 1. The SMILES string of the molecule is C[C@]12CC[C@@H]3C[C@@]1(C(=O)N1CCN(c4cccc[nH+]4)CC1)OC[C@@]32C. The number of carbonyl (C=O) groups is 1. The van der Waals surface area contributed by atoms with Crippen molar-refractivity contribution in [1.29, 1.82) is 0 Å². The maximum absolute atomic E-state index is 13.5. The second-order valence-corrected chi connectivity index (χ2v) is 8.83. The summed E-state index contributed by atoms with van der Waals surface area (Å²) < 4.78 is 6.29. The number of hydrogen-bond acceptors (Lipinski definition) is 3. The summed E-state index contributed by atoms with van der Waals surface area (Å²) in [7, 11) is 0. The van der Waals surface area contributed by atoms with Gasteiger partial charge in [-0.1, -0.05) is 19.9 Å². The fourth-order valence-electron chi connectivity index (χ4n) is 6.22. The lowest BCUT2D eigenvalue weighted by atomic mass is 9.66. The third-order valence-electron chi connectivity index (χ3n) is 8.14. The van der Waals surface area contributed by atoms with Crippen LogP contribution >= 0.6 is 0 Å². The largest absolute Gasteiger partial charge is 0.364 e. The van der Waals surface area contributed by atoms with Gasteiger partial charge in [0.2, 0.25) is 0 Å². The first-order valence-corrected chi connectivity index (χ1v) is 9.65. The van der Waals surface area contributed by atoms with Crippen LogP contribution in [0, 0.1) is 16.7 Å². The molecule has 4 atom stereocenters. The molecule has 0 aromatic carbocycles. The number of anilines is 1. The quantitative estimate of drug-likeness (QED) is 0.823. The molecule has 5 nitrogen and oxygen atoms in total. The monoisotopic (exact) mass is 342 g/mol. The lowest BCUT2D eigenvalue weighted by Gasteiger charge is -2.44. The number of rotatable bonds is 2. The Balaban J connectivity index is 1.34. The van der Waals surface area contributed by atoms with Gasteiger partial charge in [-0.05, 0) is 31.2 Å². The molecule has 4 bridgehead atoms. The molecule has 0 radical (unpaired) electrons. The minimum Gasteiger partial charge on any atom is -0.364 e. The van der Waals surface area contributed by atoms with E-state index in [1.54, 1.807) is 0 Å². The van der Waals surface area contributed by atoms with E-state index in [-0.39, 0.29) is 16.7 Å². The third kappa shape index (κ3) is 1.77. The van der Waals surface area contributed by atoms with Crippen molar-refractivity contribution < 1.29 is 14.5 Å². The Morgan fingerprint density at radius 3 is 2.68 bits per heavy atom. The molecule has 1 N–H and O–H groups in total. The van der Waals surface area contributed by atoms with Gasteiger partial charge in [-0.2, -0.15) is 0 Å². The first-order chi connectivity index (χ1) is 12.0. The van der Waals surface area contributed by atoms with Gasteiger partial charge in [0, 0.05) is 16.9 Å². The van der Waals surface area contributed by atoms with Crippen LogP contribution < -0.4 is 9.88 Å². The summed E-state index contributed by atoms with van der Waals surface area (Å²) in [5, 5.41) is 0. The van der Waals surface area contributed by atoms with E-state index in [2.05, 4.69) is 34.7 Å². The summed E-state index contributed by atoms with van der Waals surface area (Å²) in [4.78, 5) is 21.2. The highest BCUT2D eigenvalue weighted by molar-refractivity contribution is 5.88. The summed E-state index contributed by atoms with van der Waals surface area (Å²) >= 11 is 0. The lowest BCUT2D eigenvalue weighted by molar-refractivity contribution is -0.364. The fraction of sp³-hybridized carbons (Fsp3) is 0.700. The zero-order valence-corrected chi connectivity index (χ0v) is 15.3. The maximum Gasteiger partial charge on any atom is 0.274 e. The van der Waals surface area contributed by atoms with E-state index in [9.17, 15) is 4.79 Å². The number of hydrogen-bond donors (Lipinski definition) is 0. The van der Waals surface area contributed by atoms with Crippen LogP contribution in [-0.2, 0) is 9.53 Å². The molecule has 5 rings (SSSR count). The standard InChI is InChI=1S/C20H27N3O2/c1-18-14-25-20(13-15(18)6-7-19(18,20)2)17(24)23-11-9-22(10-12-23)16-5-3-4-8-21-16/h3-5,8,15H,6-7,9-14H2,1-2H3/p+1/t15-,18+,19-,20+/m1/s1. The van der Waals surface area contributed by atoms with Gasteiger partial charge in [0.05, 0.1) is 25.9 Å². The van der Waals surface area contributed by atoms with Crippen molar-refractivity contribution in [3.8, 4) is 0 Å². The number of ether oxygens (including phenoxy) is 1. The van der Waals surface area contributed by atoms with Crippen molar-refractivity contribution in [3.05, 3.63) is 24.4 Å². The number of amides is 1. The Morgan fingerprint density at radius 1 is 1.24 bits per heavy atom. The van der Waals surface area contributed by atoms with Crippen LogP contribution in [0.2, 0.25) is 0 Å². The molecule has 5 heteroatoms. The molecule has 1 aromatic rings. The predicted molar refractivity (Wildman–Crippen MR) is 94.0 cm³/mol. The summed E-state index contributed by atoms with van der Waals surface area (Å²) in [5.74, 6) is 2.05. The second kappa shape index (κ2) is 4.97. The minimum atomic E-state index is -0.550. The molecular formula is C20H28N3O2+. The van der Waals surface area contributed by atoms with Crippen LogP contribution in [0.1, 0.15) is 33.1 Å². The van der Waals surface area contributed by atoms with E-state index in [0.717, 1.165) is 51.4 Å². The highest BCUT2D eigenvalue weighted by Crippen LogP contribution is 2.75. The molecule has 134 valence electrons. The molecule has 4 aliphatic rings. The molecule has 25 heavy (non-hydrogen) atoms. The molecular weight excluding hydrogens is 314 g/mol. The van der Waals surface area contributed by atoms with E-state index >= 15 is 0 Å². The van der Waals surface area contributed by atoms with E-state index in [1.165, 1.54) is 6.42 Å². The molecule has 0 unspecified atom stereocenters. The second-order valence-electron chi connectivity index (χ2n) is 8.83. The number of aromatic amines is 1. The number of aromatic nitrogens is 1. The van der Waals surface area contributed by atoms with Gasteiger partial charge in [-0.15, -0.1) is 0 Å². The van der Waals surface area contributed by atoms with Crippen LogP contribution in [0.15, 0.2) is 24.4 Å². The average molecular weight is 342 g/mol. The van der Waals surface area contributed by atoms with Crippen LogP contribution in [-0.4, -0.2) is 49.2 Å². The molecule has 2 aliphatic carbocycles. The van der Waals surface area contributed by atoms with Crippen LogP contribution in [0.3, 0.4) is 0 Å². The van der Waals surface area contributed by atoms with Crippen LogP contribution in [0.25, 0.3) is 0 Å². The van der Waals surface area contributed by atoms with Gasteiger partial charge in [-0.3, -0.25) is 9.69 Å². The Kier molecular flexibility index (Phi) is 3.10. The van der Waals surface area contributed by atoms with Crippen molar-refractivity contribution >= 4 is 11.7 Å². The molecule has 3 heterocycles. The van der Waals surface area contributed by atoms with Crippen molar-refractivity contribution in [1.82, 2.24) is 4.90 Å². The van der Waals surface area contributed by atoms with Gasteiger partial charge in [-0.25, -0.2) is 4.98 Å². The highest BCUT2D eigenvalue weighted by Gasteiger charge is 2.78. The molecule has 2 saturated heterocycles. The Bertz CT molecular complexity index is 702. The molecule has 2 aliphatic heterocycles. The number of nitrogens with one attached hydrogen (secondary N) is 1. The first-order valence-electron chi connectivity index (χ1n) is 9.65. The Labute approximate surface area is 149 Å². The van der Waals surface area contributed by atoms with Crippen molar-refractivity contribution in [2.24, 2.45) is 16.7 Å². The predicted octanol–water partition coefficient (Wildman–Crippen LogP) is 1.74. The number of carbonyl (C=O) groups excluding carboxylic acids is 1. The number of H-pyrrole nitrogens is 1. The molecule has 2 saturated carbocycles. The molecule has 0 spiro atoms. The van der Waals surface area contributed by atoms with Crippen LogP contribution in [0.4, 0.5) is 5.82 Å². The summed E-state index contributed by atoms with van der Waals surface area (Å²) in [5.41, 5.74) is -0.332. The fourth-order valence-corrected chi connectivity index (χ4v) is 6.22. The highest BCUT2D eigenvalue weighted by atomic mass is 16.5. The Hall–Kier alpha value is -1.62. The van der Waals surface area contributed by atoms with E-state index in [1.807, 2.05) is 18.3 Å². The molecule has 1 amide bonds. The van der Waals surface area contributed by atoms with E-state index < -0.39 is 5.60 Å². The summed E-state index contributed by atoms with van der Waals surface area (Å²) in [6, 6.07) is 6.14. The molecule has 4 fully saturated rings. The third-order valence-corrected chi connectivity index (χ3v) is 8.14. The summed E-state index contributed by atoms with van der Waals surface area (Å²) in [6.07, 6.45) is 5.29. The number of nitrogens with zero attached hydrogens (tertiary/aromatic N) is 2. The zero-order chi connectivity index (χ0) is 17.3. The van der Waals surface area contributed by atoms with Crippen LogP contribution in [0.5, 0.6) is 0 Å². The zero-order valence-electron chi connectivity index (χ0n) is 15.3. The van der Waals surface area contributed by atoms with Gasteiger partial charge < -0.3 is 9.64 Å². The maximum atomic E-state index is 13.5. The first kappa shape index (κ1) is 15.6. The Morgan fingerprint density at radius 2 is 2.04 bits per heavy atom. The topological polar surface area (TPSA) is 46.9 Å². The van der Waals surface area contributed by atoms with Gasteiger partial charge in [0.15, 0.2) is 5.60 Å². The van der Waals surface area contributed by atoms with Crippen molar-refractivity contribution in [2.75, 3.05) is 37.7 Å². The minimum absolute atomic E-state index is 0.0199. The van der Waals surface area contributed by atoms with E-state index in [4.69, 9.17) is 4.74 Å². The smallest absolute Gasteiger partial charge is 0.274 e. The van der Waals surface area contributed by atoms with Gasteiger partial charge >= 0.3 is 0 Å². The van der Waals surface area contributed by atoms with Gasteiger partial charge in [0.25, 0.3) is 11.7 Å². The van der Waals surface area contributed by atoms with E-state index in [0.29, 0.717) is 5.92 Å². The summed E-state index contributed by atoms with van der Waals surface area (Å²) in [6.45, 7) is 8.75. The van der Waals surface area contributed by atoms with Crippen molar-refractivity contribution in [3.63, 3.8) is 0 Å². The van der Waals surface area contributed by atoms with Crippen molar-refractivity contribution in [2.45, 2.75) is 38.7 Å². The average Bonchev–Trinajstić information content (AvgIpc) is 3.13. The number of piperazine rings is 1. The van der Waals surface area contributed by atoms with Gasteiger partial charge in [0.1, 0.15) is 13.1 Å². The normalized spacial score (nSPS) is 42.2. The molecule has 1 aromatic heterocycles. The lowest BCUT2D eigenvalue weighted by Crippen LogP contribution is -2.60.